The second kappa shape index (κ2) is 7.86. The molecule has 0 spiro atoms. The Hall–Kier alpha value is -2.41. The van der Waals surface area contributed by atoms with Gasteiger partial charge in [-0.25, -0.2) is 9.97 Å². The zero-order valence-electron chi connectivity index (χ0n) is 15.9. The molecule has 1 aliphatic heterocycles. The van der Waals surface area contributed by atoms with Crippen LogP contribution in [0.2, 0.25) is 0 Å². The van der Waals surface area contributed by atoms with Crippen molar-refractivity contribution in [3.05, 3.63) is 40.7 Å². The van der Waals surface area contributed by atoms with E-state index in [1.54, 1.807) is 7.05 Å². The lowest BCUT2D eigenvalue weighted by molar-refractivity contribution is 0.0952. The van der Waals surface area contributed by atoms with Crippen molar-refractivity contribution in [3.8, 4) is 0 Å². The molecule has 140 valence electrons. The van der Waals surface area contributed by atoms with Crippen molar-refractivity contribution in [2.24, 2.45) is 0 Å². The highest BCUT2D eigenvalue weighted by atomic mass is 16.3. The molecule has 1 fully saturated rings. The second-order valence-electron chi connectivity index (χ2n) is 6.69. The fourth-order valence-electron chi connectivity index (χ4n) is 3.21. The van der Waals surface area contributed by atoms with Gasteiger partial charge in [-0.2, -0.15) is 0 Å². The van der Waals surface area contributed by atoms with Crippen LogP contribution in [0.25, 0.3) is 0 Å². The van der Waals surface area contributed by atoms with Gasteiger partial charge in [-0.3, -0.25) is 4.79 Å². The third-order valence-corrected chi connectivity index (χ3v) is 4.91. The van der Waals surface area contributed by atoms with Crippen molar-refractivity contribution in [2.75, 3.05) is 25.0 Å². The van der Waals surface area contributed by atoms with Crippen LogP contribution in [0.1, 0.15) is 46.7 Å². The molecule has 2 aromatic heterocycles. The van der Waals surface area contributed by atoms with Crippen LogP contribution in [0.3, 0.4) is 0 Å². The summed E-state index contributed by atoms with van der Waals surface area (Å²) in [5.41, 5.74) is 1.87. The SMILES string of the molecule is CCc1ccc(CN[C@@H]2CCN(c3nc(C(=O)NC)nc(C)c3C)C2)o1. The summed E-state index contributed by atoms with van der Waals surface area (Å²) in [7, 11) is 1.59. The zero-order valence-corrected chi connectivity index (χ0v) is 15.9. The van der Waals surface area contributed by atoms with Crippen LogP contribution < -0.4 is 15.5 Å². The molecule has 0 aromatic carbocycles. The molecule has 1 atom stereocenters. The number of aromatic nitrogens is 2. The number of carbonyl (C=O) groups is 1. The van der Waals surface area contributed by atoms with Crippen LogP contribution >= 0.6 is 0 Å². The molecule has 1 aliphatic rings. The molecule has 2 N–H and O–H groups in total. The molecule has 2 aromatic rings. The molecule has 3 rings (SSSR count). The number of hydrogen-bond donors (Lipinski definition) is 2. The molecule has 7 nitrogen and oxygen atoms in total. The average Bonchev–Trinajstić information content (AvgIpc) is 3.30. The molecule has 0 unspecified atom stereocenters. The van der Waals surface area contributed by atoms with E-state index in [0.717, 1.165) is 61.1 Å². The highest BCUT2D eigenvalue weighted by Gasteiger charge is 2.26. The predicted octanol–water partition coefficient (Wildman–Crippen LogP) is 1.98. The van der Waals surface area contributed by atoms with E-state index < -0.39 is 0 Å². The van der Waals surface area contributed by atoms with Crippen LogP contribution in [-0.4, -0.2) is 42.1 Å². The summed E-state index contributed by atoms with van der Waals surface area (Å²) < 4.78 is 5.75. The van der Waals surface area contributed by atoms with E-state index in [1.807, 2.05) is 26.0 Å². The van der Waals surface area contributed by atoms with Crippen molar-refractivity contribution in [1.29, 1.82) is 0 Å². The van der Waals surface area contributed by atoms with Crippen LogP contribution in [-0.2, 0) is 13.0 Å². The third-order valence-electron chi connectivity index (χ3n) is 4.91. The van der Waals surface area contributed by atoms with Crippen molar-refractivity contribution in [1.82, 2.24) is 20.6 Å². The number of hydrogen-bond acceptors (Lipinski definition) is 6. The number of furan rings is 1. The lowest BCUT2D eigenvalue weighted by Crippen LogP contribution is -2.33. The van der Waals surface area contributed by atoms with Gasteiger partial charge in [-0.15, -0.1) is 0 Å². The van der Waals surface area contributed by atoms with Gasteiger partial charge in [0.25, 0.3) is 5.91 Å². The molecule has 1 amide bonds. The van der Waals surface area contributed by atoms with Gasteiger partial charge < -0.3 is 20.0 Å². The number of nitrogens with one attached hydrogen (secondary N) is 2. The first-order valence-corrected chi connectivity index (χ1v) is 9.15. The maximum absolute atomic E-state index is 11.9. The fraction of sp³-hybridized carbons (Fsp3) is 0.526. The van der Waals surface area contributed by atoms with Gasteiger partial charge in [-0.1, -0.05) is 6.92 Å². The molecule has 0 radical (unpaired) electrons. The van der Waals surface area contributed by atoms with Gasteiger partial charge in [0, 0.05) is 43.9 Å². The Bertz CT molecular complexity index is 786. The maximum atomic E-state index is 11.9. The second-order valence-corrected chi connectivity index (χ2v) is 6.69. The smallest absolute Gasteiger partial charge is 0.288 e. The zero-order chi connectivity index (χ0) is 18.7. The maximum Gasteiger partial charge on any atom is 0.288 e. The first-order valence-electron chi connectivity index (χ1n) is 9.15. The van der Waals surface area contributed by atoms with Crippen molar-refractivity contribution < 1.29 is 9.21 Å². The van der Waals surface area contributed by atoms with E-state index in [2.05, 4.69) is 32.4 Å². The summed E-state index contributed by atoms with van der Waals surface area (Å²) in [5.74, 6) is 2.81. The highest BCUT2D eigenvalue weighted by Crippen LogP contribution is 2.24. The van der Waals surface area contributed by atoms with E-state index >= 15 is 0 Å². The number of carbonyl (C=O) groups excluding carboxylic acids is 1. The largest absolute Gasteiger partial charge is 0.465 e. The molecule has 1 saturated heterocycles. The summed E-state index contributed by atoms with van der Waals surface area (Å²) in [4.78, 5) is 23.0. The molecular weight excluding hydrogens is 330 g/mol. The van der Waals surface area contributed by atoms with Crippen molar-refractivity contribution >= 4 is 11.7 Å². The minimum atomic E-state index is -0.257. The summed E-state index contributed by atoms with van der Waals surface area (Å²) in [6, 6.07) is 4.43. The number of aryl methyl sites for hydroxylation is 2. The lowest BCUT2D eigenvalue weighted by Gasteiger charge is -2.21. The Morgan fingerprint density at radius 1 is 1.31 bits per heavy atom. The van der Waals surface area contributed by atoms with Crippen LogP contribution in [0.4, 0.5) is 5.82 Å². The van der Waals surface area contributed by atoms with E-state index in [0.29, 0.717) is 6.04 Å². The normalized spacial score (nSPS) is 16.9. The van der Waals surface area contributed by atoms with Crippen molar-refractivity contribution in [3.63, 3.8) is 0 Å². The number of rotatable bonds is 6. The topological polar surface area (TPSA) is 83.3 Å². The summed E-state index contributed by atoms with van der Waals surface area (Å²) in [5, 5.41) is 6.15. The molecule has 3 heterocycles. The molecule has 0 aliphatic carbocycles. The predicted molar refractivity (Wildman–Crippen MR) is 100 cm³/mol. The van der Waals surface area contributed by atoms with E-state index in [1.165, 1.54) is 0 Å². The Kier molecular flexibility index (Phi) is 5.56. The monoisotopic (exact) mass is 357 g/mol. The first kappa shape index (κ1) is 18.4. The van der Waals surface area contributed by atoms with E-state index in [4.69, 9.17) is 4.42 Å². The molecule has 0 saturated carbocycles. The molecular formula is C19H27N5O2. The Morgan fingerprint density at radius 2 is 2.08 bits per heavy atom. The quantitative estimate of drug-likeness (QED) is 0.822. The molecule has 26 heavy (non-hydrogen) atoms. The highest BCUT2D eigenvalue weighted by molar-refractivity contribution is 5.90. The lowest BCUT2D eigenvalue weighted by atomic mass is 10.2. The Morgan fingerprint density at radius 3 is 2.77 bits per heavy atom. The van der Waals surface area contributed by atoms with Crippen molar-refractivity contribution in [2.45, 2.75) is 46.2 Å². The van der Waals surface area contributed by atoms with Crippen LogP contribution in [0, 0.1) is 13.8 Å². The number of amides is 1. The summed E-state index contributed by atoms with van der Waals surface area (Å²) in [6.45, 7) is 8.50. The van der Waals surface area contributed by atoms with Gasteiger partial charge in [0.05, 0.1) is 6.54 Å². The molecule has 7 heteroatoms. The molecule has 0 bridgehead atoms. The fourth-order valence-corrected chi connectivity index (χ4v) is 3.21. The number of nitrogens with zero attached hydrogens (tertiary/aromatic N) is 3. The number of anilines is 1. The Balaban J connectivity index is 1.66. The third kappa shape index (κ3) is 3.88. The Labute approximate surface area is 154 Å². The van der Waals surface area contributed by atoms with Gasteiger partial charge in [-0.05, 0) is 32.4 Å². The van der Waals surface area contributed by atoms with Crippen LogP contribution in [0.5, 0.6) is 0 Å². The first-order chi connectivity index (χ1) is 12.5. The minimum Gasteiger partial charge on any atom is -0.465 e. The minimum absolute atomic E-state index is 0.227. The van der Waals surface area contributed by atoms with Gasteiger partial charge in [0.15, 0.2) is 0 Å². The van der Waals surface area contributed by atoms with Crippen LogP contribution in [0.15, 0.2) is 16.5 Å². The summed E-state index contributed by atoms with van der Waals surface area (Å²) >= 11 is 0. The average molecular weight is 357 g/mol. The van der Waals surface area contributed by atoms with Gasteiger partial charge in [0.2, 0.25) is 5.82 Å². The summed E-state index contributed by atoms with van der Waals surface area (Å²) in [6.07, 6.45) is 1.94. The van der Waals surface area contributed by atoms with E-state index in [-0.39, 0.29) is 11.7 Å². The standard InChI is InChI=1S/C19H27N5O2/c1-5-15-6-7-16(26-15)10-21-14-8-9-24(11-14)18-12(2)13(3)22-17(23-18)19(25)20-4/h6-7,14,21H,5,8-11H2,1-4H3,(H,20,25)/t14-/m1/s1. The van der Waals surface area contributed by atoms with Gasteiger partial charge in [0.1, 0.15) is 17.3 Å². The van der Waals surface area contributed by atoms with Gasteiger partial charge >= 0.3 is 0 Å². The van der Waals surface area contributed by atoms with E-state index in [9.17, 15) is 4.79 Å².